The molecule has 0 aromatic carbocycles. The lowest BCUT2D eigenvalue weighted by atomic mass is 9.92. The van der Waals surface area contributed by atoms with Crippen LogP contribution in [-0.2, 0) is 14.3 Å². The quantitative estimate of drug-likeness (QED) is 0.756. The number of ether oxygens (including phenoxy) is 1. The van der Waals surface area contributed by atoms with Crippen LogP contribution < -0.4 is 5.73 Å². The van der Waals surface area contributed by atoms with Crippen molar-refractivity contribution in [3.05, 3.63) is 0 Å². The average Bonchev–Trinajstić information content (AvgIpc) is 3.13. The van der Waals surface area contributed by atoms with E-state index in [-0.39, 0.29) is 17.8 Å². The summed E-state index contributed by atoms with van der Waals surface area (Å²) in [5, 5.41) is 8.97. The van der Waals surface area contributed by atoms with E-state index in [2.05, 4.69) is 4.74 Å². The highest BCUT2D eigenvalue weighted by atomic mass is 16.6. The smallest absolute Gasteiger partial charge is 0.405 e. The van der Waals surface area contributed by atoms with Gasteiger partial charge in [-0.2, -0.15) is 0 Å². The molecule has 3 fully saturated rings. The first-order valence-corrected chi connectivity index (χ1v) is 7.28. The highest BCUT2D eigenvalue weighted by Gasteiger charge is 2.74. The van der Waals surface area contributed by atoms with Gasteiger partial charge in [-0.1, -0.05) is 0 Å². The SMILES string of the molecule is CC(C)(C)OC(N)=O.O=CC1C2C(C(=O)O)CC3(CC3)C12. The number of carbonyl (C=O) groups is 3. The minimum atomic E-state index is -0.725. The highest BCUT2D eigenvalue weighted by molar-refractivity contribution is 5.75. The molecule has 0 radical (unpaired) electrons. The van der Waals surface area contributed by atoms with Gasteiger partial charge in [0.2, 0.25) is 0 Å². The number of carboxylic acid groups (broad SMARTS) is 1. The molecule has 1 spiro atoms. The van der Waals surface area contributed by atoms with Gasteiger partial charge >= 0.3 is 12.1 Å². The summed E-state index contributed by atoms with van der Waals surface area (Å²) in [6, 6.07) is 0. The Labute approximate surface area is 124 Å². The molecule has 0 saturated heterocycles. The normalized spacial score (nSPS) is 34.2. The van der Waals surface area contributed by atoms with E-state index >= 15 is 0 Å². The second kappa shape index (κ2) is 5.00. The van der Waals surface area contributed by atoms with Crippen LogP contribution in [0.25, 0.3) is 0 Å². The molecular weight excluding hydrogens is 274 g/mol. The summed E-state index contributed by atoms with van der Waals surface area (Å²) < 4.78 is 4.58. The molecule has 0 aromatic rings. The number of amides is 1. The van der Waals surface area contributed by atoms with Gasteiger partial charge in [0.1, 0.15) is 11.9 Å². The van der Waals surface area contributed by atoms with Crippen molar-refractivity contribution in [2.75, 3.05) is 0 Å². The number of hydrogen-bond donors (Lipinski definition) is 2. The number of aliphatic carboxylic acids is 1. The summed E-state index contributed by atoms with van der Waals surface area (Å²) in [6.45, 7) is 5.28. The van der Waals surface area contributed by atoms with Crippen molar-refractivity contribution in [1.29, 1.82) is 0 Å². The number of rotatable bonds is 2. The van der Waals surface area contributed by atoms with Crippen LogP contribution >= 0.6 is 0 Å². The molecule has 3 N–H and O–H groups in total. The fourth-order valence-electron chi connectivity index (χ4n) is 3.83. The Bertz CT molecular complexity index is 463. The molecule has 21 heavy (non-hydrogen) atoms. The fraction of sp³-hybridized carbons (Fsp3) is 0.800. The molecule has 1 amide bonds. The summed E-state index contributed by atoms with van der Waals surface area (Å²) >= 11 is 0. The van der Waals surface area contributed by atoms with Crippen LogP contribution in [0.2, 0.25) is 0 Å². The van der Waals surface area contributed by atoms with Crippen LogP contribution in [0.4, 0.5) is 4.79 Å². The van der Waals surface area contributed by atoms with Gasteiger partial charge in [-0.25, -0.2) is 4.79 Å². The molecule has 4 atom stereocenters. The first-order valence-electron chi connectivity index (χ1n) is 7.28. The van der Waals surface area contributed by atoms with E-state index in [9.17, 15) is 14.4 Å². The van der Waals surface area contributed by atoms with Crippen molar-refractivity contribution in [1.82, 2.24) is 0 Å². The van der Waals surface area contributed by atoms with Crippen molar-refractivity contribution in [3.8, 4) is 0 Å². The van der Waals surface area contributed by atoms with E-state index in [1.807, 2.05) is 0 Å². The lowest BCUT2D eigenvalue weighted by Crippen LogP contribution is -2.27. The standard InChI is InChI=1S/C10H12O3.C5H11NO2/c11-4-6-7-5(9(12)13)3-10(1-2-10)8(6)7;1-5(2,3)8-4(6)7/h4-8H,1-3H2,(H,12,13);1-3H3,(H2,6,7). The Balaban J connectivity index is 0.000000177. The molecule has 118 valence electrons. The molecule has 0 heterocycles. The van der Waals surface area contributed by atoms with E-state index < -0.39 is 17.7 Å². The molecule has 0 aliphatic heterocycles. The van der Waals surface area contributed by atoms with Crippen LogP contribution in [-0.4, -0.2) is 29.1 Å². The predicted molar refractivity (Wildman–Crippen MR) is 74.4 cm³/mol. The Morgan fingerprint density at radius 1 is 1.33 bits per heavy atom. The highest BCUT2D eigenvalue weighted by Crippen LogP contribution is 2.77. The third-order valence-corrected chi connectivity index (χ3v) is 4.70. The maximum absolute atomic E-state index is 10.9. The number of aldehydes is 1. The number of carboxylic acids is 1. The van der Waals surface area contributed by atoms with Gasteiger partial charge < -0.3 is 20.4 Å². The Morgan fingerprint density at radius 3 is 2.19 bits per heavy atom. The maximum atomic E-state index is 10.9. The zero-order valence-corrected chi connectivity index (χ0v) is 12.7. The summed E-state index contributed by atoms with van der Waals surface area (Å²) in [6.07, 6.45) is 3.40. The van der Waals surface area contributed by atoms with Crippen LogP contribution in [0.3, 0.4) is 0 Å². The first-order chi connectivity index (χ1) is 9.61. The van der Waals surface area contributed by atoms with Gasteiger partial charge in [0.05, 0.1) is 5.92 Å². The van der Waals surface area contributed by atoms with Gasteiger partial charge in [-0.15, -0.1) is 0 Å². The zero-order chi connectivity index (χ0) is 16.0. The summed E-state index contributed by atoms with van der Waals surface area (Å²) in [5.41, 5.74) is 4.56. The van der Waals surface area contributed by atoms with E-state index in [0.29, 0.717) is 11.3 Å². The molecule has 4 unspecified atom stereocenters. The Morgan fingerprint density at radius 2 is 1.90 bits per heavy atom. The first kappa shape index (κ1) is 15.8. The largest absolute Gasteiger partial charge is 0.481 e. The molecule has 3 saturated carbocycles. The predicted octanol–water partition coefficient (Wildman–Crippen LogP) is 1.81. The van der Waals surface area contributed by atoms with Gasteiger partial charge in [-0.3, -0.25) is 4.79 Å². The molecule has 0 aromatic heterocycles. The van der Waals surface area contributed by atoms with Gasteiger partial charge in [0.25, 0.3) is 0 Å². The van der Waals surface area contributed by atoms with Crippen LogP contribution in [0, 0.1) is 29.1 Å². The molecule has 3 rings (SSSR count). The van der Waals surface area contributed by atoms with Crippen molar-refractivity contribution in [2.45, 2.75) is 45.6 Å². The van der Waals surface area contributed by atoms with E-state index in [4.69, 9.17) is 10.8 Å². The second-order valence-corrected chi connectivity index (χ2v) is 7.36. The van der Waals surface area contributed by atoms with Gasteiger partial charge in [0, 0.05) is 5.92 Å². The average molecular weight is 297 g/mol. The van der Waals surface area contributed by atoms with Gasteiger partial charge in [-0.05, 0) is 57.3 Å². The molecule has 6 heteroatoms. The Hall–Kier alpha value is -1.59. The molecule has 6 nitrogen and oxygen atoms in total. The molecular formula is C15H23NO5. The number of fused-ring (bicyclic) bond motifs is 2. The minimum Gasteiger partial charge on any atom is -0.481 e. The number of carbonyl (C=O) groups excluding carboxylic acids is 2. The number of hydrogen-bond acceptors (Lipinski definition) is 4. The van der Waals surface area contributed by atoms with E-state index in [1.165, 1.54) is 0 Å². The van der Waals surface area contributed by atoms with Crippen LogP contribution in [0.5, 0.6) is 0 Å². The second-order valence-electron chi connectivity index (χ2n) is 7.36. The van der Waals surface area contributed by atoms with Crippen LogP contribution in [0.15, 0.2) is 0 Å². The minimum absolute atomic E-state index is 0.0809. The van der Waals surface area contributed by atoms with E-state index in [0.717, 1.165) is 25.5 Å². The third-order valence-electron chi connectivity index (χ3n) is 4.70. The van der Waals surface area contributed by atoms with E-state index in [1.54, 1.807) is 20.8 Å². The summed E-state index contributed by atoms with van der Waals surface area (Å²) in [5.74, 6) is -0.202. The maximum Gasteiger partial charge on any atom is 0.405 e. The Kier molecular flexibility index (Phi) is 3.76. The molecule has 0 bridgehead atoms. The topological polar surface area (TPSA) is 107 Å². The van der Waals surface area contributed by atoms with Crippen molar-refractivity contribution in [3.63, 3.8) is 0 Å². The van der Waals surface area contributed by atoms with Crippen molar-refractivity contribution in [2.24, 2.45) is 34.8 Å². The zero-order valence-electron chi connectivity index (χ0n) is 12.7. The van der Waals surface area contributed by atoms with Crippen molar-refractivity contribution < 1.29 is 24.2 Å². The fourth-order valence-corrected chi connectivity index (χ4v) is 3.83. The molecule has 3 aliphatic rings. The monoisotopic (exact) mass is 297 g/mol. The third kappa shape index (κ3) is 3.19. The number of primary amides is 1. The lowest BCUT2D eigenvalue weighted by molar-refractivity contribution is -0.142. The van der Waals surface area contributed by atoms with Crippen molar-refractivity contribution >= 4 is 18.3 Å². The van der Waals surface area contributed by atoms with Crippen LogP contribution in [0.1, 0.15) is 40.0 Å². The summed E-state index contributed by atoms with van der Waals surface area (Å²) in [4.78, 5) is 31.6. The lowest BCUT2D eigenvalue weighted by Gasteiger charge is -2.16. The number of nitrogens with two attached hydrogens (primary N) is 1. The van der Waals surface area contributed by atoms with Gasteiger partial charge in [0.15, 0.2) is 0 Å². The summed E-state index contributed by atoms with van der Waals surface area (Å²) in [7, 11) is 0. The molecule has 3 aliphatic carbocycles.